The van der Waals surface area contributed by atoms with Crippen LogP contribution in [-0.4, -0.2) is 40.9 Å². The topological polar surface area (TPSA) is 95.9 Å². The van der Waals surface area contributed by atoms with E-state index in [1.165, 1.54) is 0 Å². The molecule has 0 saturated carbocycles. The molecule has 6 nitrogen and oxygen atoms in total. The number of rotatable bonds is 7. The van der Waals surface area contributed by atoms with Crippen LogP contribution in [0.1, 0.15) is 49.0 Å². The monoisotopic (exact) mass is 355 g/mol. The molecule has 3 N–H and O–H groups in total. The molecule has 1 aliphatic heterocycles. The fourth-order valence-electron chi connectivity index (χ4n) is 3.04. The lowest BCUT2D eigenvalue weighted by molar-refractivity contribution is -0.0324. The Hall–Kier alpha value is -1.20. The van der Waals surface area contributed by atoms with Gasteiger partial charge in [0.15, 0.2) is 8.03 Å². The second kappa shape index (κ2) is 8.26. The van der Waals surface area contributed by atoms with Crippen LogP contribution in [-0.2, 0) is 14.8 Å². The summed E-state index contributed by atoms with van der Waals surface area (Å²) in [4.78, 5) is 20.8. The molecule has 1 aromatic rings. The van der Waals surface area contributed by atoms with Crippen LogP contribution >= 0.6 is 8.03 Å². The van der Waals surface area contributed by atoms with E-state index in [2.05, 4.69) is 12.2 Å². The number of hydrogen-bond acceptors (Lipinski definition) is 4. The number of carboxylic acid groups (broad SMARTS) is 1. The van der Waals surface area contributed by atoms with Crippen LogP contribution in [0, 0.1) is 0 Å². The van der Waals surface area contributed by atoms with Crippen molar-refractivity contribution < 1.29 is 24.1 Å². The lowest BCUT2D eigenvalue weighted by Crippen LogP contribution is -2.55. The summed E-state index contributed by atoms with van der Waals surface area (Å²) in [6.45, 7) is 4.81. The summed E-state index contributed by atoms with van der Waals surface area (Å²) >= 11 is 0. The molecule has 7 heteroatoms. The molecule has 1 fully saturated rings. The largest absolute Gasteiger partial charge is 0.478 e. The number of benzene rings is 1. The molecule has 2 rings (SSSR count). The second-order valence-corrected chi connectivity index (χ2v) is 7.95. The normalized spacial score (nSPS) is 26.7. The fourth-order valence-corrected chi connectivity index (χ4v) is 4.02. The standard InChI is InChI=1S/C17H26NO5P/c1-3-4-8-15(24(21)22)14-10-18-17(2,11-23-14)13-7-5-6-12(9-13)16(19)20/h5-7,9,14-15,18,24H,3-4,8,10-11H2,1-2H3,(H,19,20)(H,21,22)/t14-,15?,17+/m1/s1. The first-order valence-corrected chi connectivity index (χ1v) is 9.74. The van der Waals surface area contributed by atoms with Gasteiger partial charge in [-0.3, -0.25) is 4.57 Å². The predicted molar refractivity (Wildman–Crippen MR) is 93.0 cm³/mol. The zero-order valence-corrected chi connectivity index (χ0v) is 15.1. The van der Waals surface area contributed by atoms with Crippen LogP contribution in [0.25, 0.3) is 0 Å². The van der Waals surface area contributed by atoms with Crippen LogP contribution < -0.4 is 5.32 Å². The summed E-state index contributed by atoms with van der Waals surface area (Å²) in [6, 6.07) is 6.78. The molecule has 0 radical (unpaired) electrons. The highest BCUT2D eigenvalue weighted by atomic mass is 31.1. The van der Waals surface area contributed by atoms with E-state index >= 15 is 0 Å². The molecule has 1 aliphatic rings. The number of morpholine rings is 1. The minimum atomic E-state index is -2.66. The van der Waals surface area contributed by atoms with Crippen LogP contribution in [0.15, 0.2) is 24.3 Å². The molecule has 134 valence electrons. The van der Waals surface area contributed by atoms with E-state index in [9.17, 15) is 14.3 Å². The Bertz CT molecular complexity index is 598. The molecule has 1 aromatic carbocycles. The second-order valence-electron chi connectivity index (χ2n) is 6.54. The van der Waals surface area contributed by atoms with Crippen molar-refractivity contribution >= 4 is 14.0 Å². The van der Waals surface area contributed by atoms with Crippen LogP contribution in [0.2, 0.25) is 0 Å². The van der Waals surface area contributed by atoms with Gasteiger partial charge in [0.25, 0.3) is 0 Å². The number of carboxylic acids is 1. The number of nitrogens with one attached hydrogen (secondary N) is 1. The lowest BCUT2D eigenvalue weighted by Gasteiger charge is -2.41. The molecule has 24 heavy (non-hydrogen) atoms. The zero-order chi connectivity index (χ0) is 17.7. The zero-order valence-electron chi connectivity index (χ0n) is 14.1. The highest BCUT2D eigenvalue weighted by molar-refractivity contribution is 7.39. The average molecular weight is 355 g/mol. The van der Waals surface area contributed by atoms with Crippen LogP contribution in [0.3, 0.4) is 0 Å². The van der Waals surface area contributed by atoms with Crippen molar-refractivity contribution in [2.45, 2.75) is 50.4 Å². The highest BCUT2D eigenvalue weighted by Gasteiger charge is 2.37. The number of hydrogen-bond donors (Lipinski definition) is 3. The smallest absolute Gasteiger partial charge is 0.335 e. The molecule has 1 saturated heterocycles. The summed E-state index contributed by atoms with van der Waals surface area (Å²) in [7, 11) is -2.66. The van der Waals surface area contributed by atoms with Gasteiger partial charge in [-0.15, -0.1) is 0 Å². The van der Waals surface area contributed by atoms with Crippen molar-refractivity contribution in [3.8, 4) is 0 Å². The quantitative estimate of drug-likeness (QED) is 0.651. The Labute approximate surface area is 143 Å². The van der Waals surface area contributed by atoms with Gasteiger partial charge in [0.2, 0.25) is 0 Å². The predicted octanol–water partition coefficient (Wildman–Crippen LogP) is 2.61. The molecule has 2 unspecified atom stereocenters. The first-order chi connectivity index (χ1) is 11.4. The Kier molecular flexibility index (Phi) is 6.58. The summed E-state index contributed by atoms with van der Waals surface area (Å²) in [5.74, 6) is -0.964. The number of ether oxygens (including phenoxy) is 1. The molecular formula is C17H26NO5P. The van der Waals surface area contributed by atoms with Gasteiger partial charge in [-0.2, -0.15) is 0 Å². The van der Waals surface area contributed by atoms with Gasteiger partial charge < -0.3 is 20.1 Å². The maximum Gasteiger partial charge on any atom is 0.335 e. The highest BCUT2D eigenvalue weighted by Crippen LogP contribution is 2.35. The van der Waals surface area contributed by atoms with E-state index in [0.29, 0.717) is 19.6 Å². The maximum absolute atomic E-state index is 11.7. The molecule has 0 aromatic heterocycles. The Morgan fingerprint density at radius 1 is 1.54 bits per heavy atom. The van der Waals surface area contributed by atoms with Gasteiger partial charge in [0.1, 0.15) is 0 Å². The van der Waals surface area contributed by atoms with Crippen molar-refractivity contribution in [1.82, 2.24) is 5.32 Å². The summed E-state index contributed by atoms with van der Waals surface area (Å²) < 4.78 is 17.6. The fraction of sp³-hybridized carbons (Fsp3) is 0.588. The van der Waals surface area contributed by atoms with Gasteiger partial charge >= 0.3 is 5.97 Å². The van der Waals surface area contributed by atoms with E-state index in [1.54, 1.807) is 18.2 Å². The molecule has 4 atom stereocenters. The first-order valence-electron chi connectivity index (χ1n) is 8.30. The Balaban J connectivity index is 2.08. The van der Waals surface area contributed by atoms with Crippen molar-refractivity contribution in [2.24, 2.45) is 0 Å². The average Bonchev–Trinajstić information content (AvgIpc) is 2.56. The minimum absolute atomic E-state index is 0.235. The van der Waals surface area contributed by atoms with E-state index in [0.717, 1.165) is 18.4 Å². The minimum Gasteiger partial charge on any atom is -0.478 e. The maximum atomic E-state index is 11.7. The molecule has 0 spiro atoms. The number of aromatic carboxylic acids is 1. The van der Waals surface area contributed by atoms with Gasteiger partial charge in [0, 0.05) is 6.54 Å². The summed E-state index contributed by atoms with van der Waals surface area (Å²) in [5, 5.41) is 12.5. The van der Waals surface area contributed by atoms with Crippen molar-refractivity contribution in [3.63, 3.8) is 0 Å². The van der Waals surface area contributed by atoms with E-state index in [1.807, 2.05) is 13.0 Å². The third-order valence-corrected chi connectivity index (χ3v) is 5.96. The molecule has 1 heterocycles. The Morgan fingerprint density at radius 2 is 2.29 bits per heavy atom. The summed E-state index contributed by atoms with van der Waals surface area (Å²) in [5.41, 5.74) is 0.224. The van der Waals surface area contributed by atoms with Crippen molar-refractivity contribution in [2.75, 3.05) is 13.2 Å². The first kappa shape index (κ1) is 19.1. The lowest BCUT2D eigenvalue weighted by atomic mass is 9.89. The number of carbonyl (C=O) groups is 1. The van der Waals surface area contributed by atoms with Crippen LogP contribution in [0.4, 0.5) is 0 Å². The molecule has 0 amide bonds. The third kappa shape index (κ3) is 4.45. The Morgan fingerprint density at radius 3 is 2.83 bits per heavy atom. The van der Waals surface area contributed by atoms with Gasteiger partial charge in [0.05, 0.1) is 29.5 Å². The van der Waals surface area contributed by atoms with Crippen molar-refractivity contribution in [1.29, 1.82) is 0 Å². The third-order valence-electron chi connectivity index (χ3n) is 4.66. The molecule has 0 aliphatic carbocycles. The van der Waals surface area contributed by atoms with Crippen molar-refractivity contribution in [3.05, 3.63) is 35.4 Å². The van der Waals surface area contributed by atoms with Gasteiger partial charge in [-0.25, -0.2) is 4.79 Å². The van der Waals surface area contributed by atoms with E-state index in [-0.39, 0.29) is 17.3 Å². The van der Waals surface area contributed by atoms with Gasteiger partial charge in [-0.05, 0) is 31.0 Å². The van der Waals surface area contributed by atoms with Crippen LogP contribution in [0.5, 0.6) is 0 Å². The SMILES string of the molecule is CCCCC([C@H]1CN[C@](C)(c2cccc(C(=O)O)c2)CO1)[PH](=O)O. The molecular weight excluding hydrogens is 329 g/mol. The van der Waals surface area contributed by atoms with E-state index < -0.39 is 19.5 Å². The number of unbranched alkanes of at least 4 members (excludes halogenated alkanes) is 1. The summed E-state index contributed by atoms with van der Waals surface area (Å²) in [6.07, 6.45) is 2.27. The van der Waals surface area contributed by atoms with E-state index in [4.69, 9.17) is 9.84 Å². The molecule has 0 bridgehead atoms. The van der Waals surface area contributed by atoms with Gasteiger partial charge in [-0.1, -0.05) is 31.9 Å².